The lowest BCUT2D eigenvalue weighted by Crippen LogP contribution is -1.85. The number of hydrogen-bond donors (Lipinski definition) is 0. The largest absolute Gasteiger partial charge is 0.369 e. The van der Waals surface area contributed by atoms with E-state index in [9.17, 15) is 0 Å². The molecule has 2 heterocycles. The molecule has 0 radical (unpaired) electrons. The molecule has 2 aliphatic rings. The van der Waals surface area contributed by atoms with Crippen LogP contribution in [0.15, 0.2) is 24.3 Å². The molecule has 64 valence electrons. The van der Waals surface area contributed by atoms with Gasteiger partial charge in [-0.2, -0.15) is 0 Å². The molecule has 3 heteroatoms. The van der Waals surface area contributed by atoms with Crippen LogP contribution in [0.4, 0.5) is 0 Å². The molecule has 2 atom stereocenters. The molecule has 0 N–H and O–H groups in total. The molecule has 0 aromatic heterocycles. The Labute approximate surface area is 76.9 Å². The molecule has 2 aliphatic heterocycles. The highest BCUT2D eigenvalue weighted by atomic mass is 32.1. The van der Waals surface area contributed by atoms with Gasteiger partial charge in [-0.25, -0.2) is 0 Å². The molecule has 0 aliphatic carbocycles. The number of ether oxygens (including phenoxy) is 2. The van der Waals surface area contributed by atoms with E-state index in [1.165, 1.54) is 0 Å². The molecule has 2 nitrogen and oxygen atoms in total. The number of rotatable bonds is 4. The number of epoxide rings is 2. The molecule has 2 rings (SSSR count). The molecule has 0 spiro atoms. The highest BCUT2D eigenvalue weighted by Gasteiger charge is 2.19. The maximum Gasteiger partial charge on any atom is 0.0994 e. The van der Waals surface area contributed by atoms with Gasteiger partial charge in [0.2, 0.25) is 0 Å². The Bertz CT molecular complexity index is 213. The molecule has 0 aromatic carbocycles. The van der Waals surface area contributed by atoms with Gasteiger partial charge in [0.25, 0.3) is 0 Å². The first-order valence-electron chi connectivity index (χ1n) is 3.98. The second-order valence-corrected chi connectivity index (χ2v) is 3.34. The summed E-state index contributed by atoms with van der Waals surface area (Å²) in [5.74, 6) is 0. The molecule has 0 aromatic rings. The van der Waals surface area contributed by atoms with Gasteiger partial charge in [-0.15, -0.1) is 0 Å². The fourth-order valence-electron chi connectivity index (χ4n) is 0.793. The van der Waals surface area contributed by atoms with E-state index in [0.29, 0.717) is 12.2 Å². The first-order chi connectivity index (χ1) is 5.84. The van der Waals surface area contributed by atoms with E-state index in [2.05, 4.69) is 0 Å². The summed E-state index contributed by atoms with van der Waals surface area (Å²) in [4.78, 5) is 0.834. The summed E-state index contributed by atoms with van der Waals surface area (Å²) in [5.41, 5.74) is 0. The molecule has 2 unspecified atom stereocenters. The Morgan fingerprint density at radius 3 is 1.83 bits per heavy atom. The molecule has 12 heavy (non-hydrogen) atoms. The van der Waals surface area contributed by atoms with Crippen LogP contribution in [0.5, 0.6) is 0 Å². The van der Waals surface area contributed by atoms with E-state index < -0.39 is 0 Å². The van der Waals surface area contributed by atoms with Gasteiger partial charge in [0, 0.05) is 4.86 Å². The second-order valence-electron chi connectivity index (χ2n) is 2.86. The maximum absolute atomic E-state index is 5.06. The lowest BCUT2D eigenvalue weighted by molar-refractivity contribution is 0.440. The predicted octanol–water partition coefficient (Wildman–Crippen LogP) is 1.27. The third kappa shape index (κ3) is 2.85. The monoisotopic (exact) mass is 182 g/mol. The summed E-state index contributed by atoms with van der Waals surface area (Å²) in [6.07, 6.45) is 8.42. The molecule has 0 bridgehead atoms. The Balaban J connectivity index is 1.74. The smallest absolute Gasteiger partial charge is 0.0994 e. The summed E-state index contributed by atoms with van der Waals surface area (Å²) in [6.45, 7) is 1.68. The predicted molar refractivity (Wildman–Crippen MR) is 50.4 cm³/mol. The van der Waals surface area contributed by atoms with E-state index in [1.807, 2.05) is 24.3 Å². The molecule has 0 amide bonds. The molecule has 2 fully saturated rings. The summed E-state index contributed by atoms with van der Waals surface area (Å²) in [5, 5.41) is 0. The SMILES string of the molecule is S=C(C=CC1CO1)C=CC1CO1. The molecular formula is C9H10O2S. The highest BCUT2D eigenvalue weighted by Crippen LogP contribution is 2.11. The van der Waals surface area contributed by atoms with Crippen LogP contribution in [0, 0.1) is 0 Å². The van der Waals surface area contributed by atoms with Gasteiger partial charge >= 0.3 is 0 Å². The minimum Gasteiger partial charge on any atom is -0.369 e. The van der Waals surface area contributed by atoms with Crippen molar-refractivity contribution in [2.45, 2.75) is 12.2 Å². The summed E-state index contributed by atoms with van der Waals surface area (Å²) >= 11 is 5.06. The first kappa shape index (κ1) is 8.10. The number of thiocarbonyl (C=S) groups is 1. The van der Waals surface area contributed by atoms with Gasteiger partial charge in [0.15, 0.2) is 0 Å². The quantitative estimate of drug-likeness (QED) is 0.372. The van der Waals surface area contributed by atoms with Gasteiger partial charge in [-0.05, 0) is 12.2 Å². The summed E-state index contributed by atoms with van der Waals surface area (Å²) < 4.78 is 10.0. The van der Waals surface area contributed by atoms with E-state index in [-0.39, 0.29) is 0 Å². The van der Waals surface area contributed by atoms with Crippen LogP contribution < -0.4 is 0 Å². The normalized spacial score (nSPS) is 33.0. The minimum atomic E-state index is 0.313. The Hall–Kier alpha value is -0.510. The van der Waals surface area contributed by atoms with Gasteiger partial charge in [-0.1, -0.05) is 24.4 Å². The van der Waals surface area contributed by atoms with Gasteiger partial charge in [0.05, 0.1) is 25.4 Å². The van der Waals surface area contributed by atoms with Crippen molar-refractivity contribution in [3.8, 4) is 0 Å². The van der Waals surface area contributed by atoms with E-state index in [0.717, 1.165) is 18.1 Å². The Morgan fingerprint density at radius 1 is 1.08 bits per heavy atom. The minimum absolute atomic E-state index is 0.313. The van der Waals surface area contributed by atoms with Crippen LogP contribution in [0.1, 0.15) is 0 Å². The van der Waals surface area contributed by atoms with Gasteiger partial charge in [0.1, 0.15) is 0 Å². The topological polar surface area (TPSA) is 25.1 Å². The van der Waals surface area contributed by atoms with E-state index in [4.69, 9.17) is 21.7 Å². The maximum atomic E-state index is 5.06. The molecule has 2 saturated heterocycles. The Morgan fingerprint density at radius 2 is 1.50 bits per heavy atom. The number of hydrogen-bond acceptors (Lipinski definition) is 3. The van der Waals surface area contributed by atoms with E-state index in [1.54, 1.807) is 0 Å². The highest BCUT2D eigenvalue weighted by molar-refractivity contribution is 7.81. The summed E-state index contributed by atoms with van der Waals surface area (Å²) in [6, 6.07) is 0. The zero-order valence-corrected chi connectivity index (χ0v) is 7.42. The van der Waals surface area contributed by atoms with Crippen LogP contribution in [-0.4, -0.2) is 30.3 Å². The lowest BCUT2D eigenvalue weighted by atomic mass is 10.3. The fraction of sp³-hybridized carbons (Fsp3) is 0.444. The van der Waals surface area contributed by atoms with Gasteiger partial charge < -0.3 is 9.47 Å². The zero-order valence-electron chi connectivity index (χ0n) is 6.60. The van der Waals surface area contributed by atoms with Crippen LogP contribution in [0.2, 0.25) is 0 Å². The first-order valence-corrected chi connectivity index (χ1v) is 4.39. The van der Waals surface area contributed by atoms with Gasteiger partial charge in [-0.3, -0.25) is 0 Å². The van der Waals surface area contributed by atoms with Crippen molar-refractivity contribution in [3.05, 3.63) is 24.3 Å². The van der Waals surface area contributed by atoms with Crippen molar-refractivity contribution in [2.24, 2.45) is 0 Å². The van der Waals surface area contributed by atoms with Crippen molar-refractivity contribution in [1.82, 2.24) is 0 Å². The van der Waals surface area contributed by atoms with Crippen LogP contribution in [0.25, 0.3) is 0 Å². The standard InChI is InChI=1S/C9H10O2S/c12-9(3-1-7-5-10-7)4-2-8-6-11-8/h1-4,7-8H,5-6H2. The third-order valence-electron chi connectivity index (χ3n) is 1.67. The van der Waals surface area contributed by atoms with Crippen molar-refractivity contribution in [3.63, 3.8) is 0 Å². The van der Waals surface area contributed by atoms with Crippen molar-refractivity contribution < 1.29 is 9.47 Å². The molecular weight excluding hydrogens is 172 g/mol. The van der Waals surface area contributed by atoms with Crippen molar-refractivity contribution in [1.29, 1.82) is 0 Å². The van der Waals surface area contributed by atoms with Crippen LogP contribution in [0.3, 0.4) is 0 Å². The van der Waals surface area contributed by atoms with Crippen LogP contribution in [-0.2, 0) is 9.47 Å². The lowest BCUT2D eigenvalue weighted by Gasteiger charge is -1.84. The number of allylic oxidation sites excluding steroid dienone is 2. The fourth-order valence-corrected chi connectivity index (χ4v) is 0.950. The summed E-state index contributed by atoms with van der Waals surface area (Å²) in [7, 11) is 0. The average molecular weight is 182 g/mol. The van der Waals surface area contributed by atoms with Crippen LogP contribution >= 0.6 is 12.2 Å². The molecule has 0 saturated carbocycles. The zero-order chi connectivity index (χ0) is 8.39. The second kappa shape index (κ2) is 3.47. The van der Waals surface area contributed by atoms with Crippen molar-refractivity contribution in [2.75, 3.05) is 13.2 Å². The van der Waals surface area contributed by atoms with Crippen molar-refractivity contribution >= 4 is 17.1 Å². The van der Waals surface area contributed by atoms with E-state index >= 15 is 0 Å². The average Bonchev–Trinajstić information content (AvgIpc) is 2.89. The Kier molecular flexibility index (Phi) is 2.35. The third-order valence-corrected chi connectivity index (χ3v) is 1.94.